The number of nitrogens with two attached hydrogens (primary N) is 1. The number of carboxylic acid groups (broad SMARTS) is 1. The van der Waals surface area contributed by atoms with Gasteiger partial charge in [0.25, 0.3) is 5.91 Å². The fourth-order valence-corrected chi connectivity index (χ4v) is 2.53. The van der Waals surface area contributed by atoms with Crippen molar-refractivity contribution in [3.05, 3.63) is 18.0 Å². The normalized spacial score (nSPS) is 13.2. The van der Waals surface area contributed by atoms with Crippen LogP contribution in [0.3, 0.4) is 0 Å². The number of primary amides is 1. The SMILES string of the molecule is CC(CNS(=O)(=O)c1cc(C(N)=O)n(C)c1)C(=O)O. The highest BCUT2D eigenvalue weighted by Gasteiger charge is 2.21. The minimum atomic E-state index is -3.87. The number of rotatable bonds is 6. The van der Waals surface area contributed by atoms with Gasteiger partial charge in [0.05, 0.1) is 5.92 Å². The van der Waals surface area contributed by atoms with Crippen molar-refractivity contribution in [3.63, 3.8) is 0 Å². The number of sulfonamides is 1. The predicted octanol–water partition coefficient (Wildman–Crippen LogP) is -0.877. The highest BCUT2D eigenvalue weighted by molar-refractivity contribution is 7.89. The van der Waals surface area contributed by atoms with Gasteiger partial charge in [-0.3, -0.25) is 9.59 Å². The van der Waals surface area contributed by atoms with Crippen LogP contribution in [0.2, 0.25) is 0 Å². The highest BCUT2D eigenvalue weighted by atomic mass is 32.2. The van der Waals surface area contributed by atoms with Crippen molar-refractivity contribution in [2.75, 3.05) is 6.54 Å². The van der Waals surface area contributed by atoms with E-state index in [1.807, 2.05) is 0 Å². The molecular formula is C10H15N3O5S. The zero-order valence-corrected chi connectivity index (χ0v) is 11.3. The molecule has 0 saturated heterocycles. The summed E-state index contributed by atoms with van der Waals surface area (Å²) in [5.41, 5.74) is 5.13. The Morgan fingerprint density at radius 1 is 1.53 bits per heavy atom. The van der Waals surface area contributed by atoms with E-state index < -0.39 is 27.8 Å². The predicted molar refractivity (Wildman–Crippen MR) is 65.9 cm³/mol. The number of aryl methyl sites for hydroxylation is 1. The summed E-state index contributed by atoms with van der Waals surface area (Å²) in [6.45, 7) is 1.14. The Labute approximate surface area is 110 Å². The van der Waals surface area contributed by atoms with Gasteiger partial charge in [-0.15, -0.1) is 0 Å². The van der Waals surface area contributed by atoms with Crippen LogP contribution in [0.15, 0.2) is 17.2 Å². The van der Waals surface area contributed by atoms with Gasteiger partial charge in [0.15, 0.2) is 0 Å². The molecule has 1 aromatic heterocycles. The molecule has 106 valence electrons. The Bertz CT molecular complexity index is 605. The molecule has 0 aliphatic heterocycles. The Balaban J connectivity index is 2.92. The maximum Gasteiger partial charge on any atom is 0.307 e. The maximum atomic E-state index is 11.9. The Morgan fingerprint density at radius 2 is 2.11 bits per heavy atom. The fraction of sp³-hybridized carbons (Fsp3) is 0.400. The number of carbonyl (C=O) groups is 2. The van der Waals surface area contributed by atoms with Gasteiger partial charge in [-0.2, -0.15) is 0 Å². The number of carboxylic acids is 1. The smallest absolute Gasteiger partial charge is 0.307 e. The topological polar surface area (TPSA) is 131 Å². The molecule has 8 nitrogen and oxygen atoms in total. The van der Waals surface area contributed by atoms with Gasteiger partial charge in [-0.1, -0.05) is 6.92 Å². The summed E-state index contributed by atoms with van der Waals surface area (Å²) in [7, 11) is -2.38. The molecular weight excluding hydrogens is 274 g/mol. The van der Waals surface area contributed by atoms with Gasteiger partial charge in [0, 0.05) is 19.8 Å². The molecule has 1 amide bonds. The maximum absolute atomic E-state index is 11.9. The fourth-order valence-electron chi connectivity index (χ4n) is 1.33. The quantitative estimate of drug-likeness (QED) is 0.626. The monoisotopic (exact) mass is 289 g/mol. The Morgan fingerprint density at radius 3 is 2.53 bits per heavy atom. The first-order valence-electron chi connectivity index (χ1n) is 5.33. The number of aliphatic carboxylic acids is 1. The summed E-state index contributed by atoms with van der Waals surface area (Å²) in [5.74, 6) is -2.70. The molecule has 19 heavy (non-hydrogen) atoms. The Kier molecular flexibility index (Phi) is 4.32. The Hall–Kier alpha value is -1.87. The molecule has 0 aliphatic rings. The van der Waals surface area contributed by atoms with Gasteiger partial charge >= 0.3 is 5.97 Å². The highest BCUT2D eigenvalue weighted by Crippen LogP contribution is 2.13. The van der Waals surface area contributed by atoms with E-state index in [4.69, 9.17) is 10.8 Å². The van der Waals surface area contributed by atoms with Crippen LogP contribution >= 0.6 is 0 Å². The average molecular weight is 289 g/mol. The van der Waals surface area contributed by atoms with Crippen molar-refractivity contribution >= 4 is 21.9 Å². The van der Waals surface area contributed by atoms with E-state index in [0.717, 1.165) is 6.07 Å². The standard InChI is InChI=1S/C10H15N3O5S/c1-6(10(15)16)4-12-19(17,18)7-3-8(9(11)14)13(2)5-7/h3,5-6,12H,4H2,1-2H3,(H2,11,14)(H,15,16). The summed E-state index contributed by atoms with van der Waals surface area (Å²) in [6, 6.07) is 1.14. The zero-order valence-electron chi connectivity index (χ0n) is 10.5. The van der Waals surface area contributed by atoms with Crippen LogP contribution in [0.5, 0.6) is 0 Å². The van der Waals surface area contributed by atoms with E-state index in [2.05, 4.69) is 4.72 Å². The number of aromatic nitrogens is 1. The van der Waals surface area contributed by atoms with Crippen molar-refractivity contribution in [2.24, 2.45) is 18.7 Å². The molecule has 0 fully saturated rings. The lowest BCUT2D eigenvalue weighted by Crippen LogP contribution is -2.31. The van der Waals surface area contributed by atoms with E-state index >= 15 is 0 Å². The lowest BCUT2D eigenvalue weighted by molar-refractivity contribution is -0.140. The molecule has 0 radical (unpaired) electrons. The molecule has 1 atom stereocenters. The number of nitrogens with one attached hydrogen (secondary N) is 1. The number of hydrogen-bond acceptors (Lipinski definition) is 4. The molecule has 0 saturated carbocycles. The third kappa shape index (κ3) is 3.55. The first-order chi connectivity index (χ1) is 8.65. The first-order valence-corrected chi connectivity index (χ1v) is 6.82. The zero-order chi connectivity index (χ0) is 14.8. The van der Waals surface area contributed by atoms with Crippen molar-refractivity contribution in [1.29, 1.82) is 0 Å². The molecule has 1 heterocycles. The molecule has 0 bridgehead atoms. The molecule has 0 aliphatic carbocycles. The van der Waals surface area contributed by atoms with Crippen LogP contribution in [-0.4, -0.2) is 36.5 Å². The number of hydrogen-bond donors (Lipinski definition) is 3. The second kappa shape index (κ2) is 5.41. The van der Waals surface area contributed by atoms with Crippen LogP contribution in [0, 0.1) is 5.92 Å². The number of carbonyl (C=O) groups excluding carboxylic acids is 1. The summed E-state index contributed by atoms with van der Waals surface area (Å²) < 4.78 is 27.2. The van der Waals surface area contributed by atoms with Crippen LogP contribution < -0.4 is 10.5 Å². The van der Waals surface area contributed by atoms with Gasteiger partial charge in [-0.05, 0) is 6.07 Å². The van der Waals surface area contributed by atoms with Gasteiger partial charge < -0.3 is 15.4 Å². The van der Waals surface area contributed by atoms with E-state index in [-0.39, 0.29) is 17.1 Å². The lowest BCUT2D eigenvalue weighted by atomic mass is 10.2. The third-order valence-corrected chi connectivity index (χ3v) is 3.93. The van der Waals surface area contributed by atoms with E-state index in [1.165, 1.54) is 24.7 Å². The van der Waals surface area contributed by atoms with Crippen molar-refractivity contribution < 1.29 is 23.1 Å². The summed E-state index contributed by atoms with van der Waals surface area (Å²) in [4.78, 5) is 21.5. The minimum Gasteiger partial charge on any atom is -0.481 e. The third-order valence-electron chi connectivity index (χ3n) is 2.54. The van der Waals surface area contributed by atoms with Crippen molar-refractivity contribution in [3.8, 4) is 0 Å². The van der Waals surface area contributed by atoms with E-state index in [0.29, 0.717) is 0 Å². The molecule has 1 aromatic rings. The summed E-state index contributed by atoms with van der Waals surface area (Å²) >= 11 is 0. The molecule has 0 spiro atoms. The molecule has 0 aromatic carbocycles. The van der Waals surface area contributed by atoms with Crippen LogP contribution in [0.1, 0.15) is 17.4 Å². The summed E-state index contributed by atoms with van der Waals surface area (Å²) in [5, 5.41) is 8.67. The van der Waals surface area contributed by atoms with Crippen LogP contribution in [0.25, 0.3) is 0 Å². The molecule has 4 N–H and O–H groups in total. The first kappa shape index (κ1) is 15.2. The van der Waals surface area contributed by atoms with Gasteiger partial charge in [0.2, 0.25) is 10.0 Å². The number of amides is 1. The lowest BCUT2D eigenvalue weighted by Gasteiger charge is -2.07. The van der Waals surface area contributed by atoms with E-state index in [9.17, 15) is 18.0 Å². The molecule has 9 heteroatoms. The molecule has 1 unspecified atom stereocenters. The van der Waals surface area contributed by atoms with Gasteiger partial charge in [0.1, 0.15) is 10.6 Å². The van der Waals surface area contributed by atoms with E-state index in [1.54, 1.807) is 0 Å². The molecule has 1 rings (SSSR count). The minimum absolute atomic E-state index is 0.0478. The van der Waals surface area contributed by atoms with Gasteiger partial charge in [-0.25, -0.2) is 13.1 Å². The van der Waals surface area contributed by atoms with Crippen LogP contribution in [0.4, 0.5) is 0 Å². The van der Waals surface area contributed by atoms with Crippen molar-refractivity contribution in [1.82, 2.24) is 9.29 Å². The van der Waals surface area contributed by atoms with Crippen molar-refractivity contribution in [2.45, 2.75) is 11.8 Å². The number of nitrogens with zero attached hydrogens (tertiary/aromatic N) is 1. The largest absolute Gasteiger partial charge is 0.481 e. The average Bonchev–Trinajstić information content (AvgIpc) is 2.69. The second-order valence-electron chi connectivity index (χ2n) is 4.13. The second-order valence-corrected chi connectivity index (χ2v) is 5.89. The van der Waals surface area contributed by atoms with Crippen LogP contribution in [-0.2, 0) is 21.9 Å². The summed E-state index contributed by atoms with van der Waals surface area (Å²) in [6.07, 6.45) is 1.23.